The van der Waals surface area contributed by atoms with Gasteiger partial charge in [-0.2, -0.15) is 0 Å². The Labute approximate surface area is 126 Å². The molecule has 1 aromatic rings. The van der Waals surface area contributed by atoms with E-state index in [0.29, 0.717) is 12.1 Å². The van der Waals surface area contributed by atoms with Crippen molar-refractivity contribution in [3.63, 3.8) is 0 Å². The molecule has 20 heavy (non-hydrogen) atoms. The molecule has 3 rings (SSSR count). The molecule has 1 heterocycles. The lowest BCUT2D eigenvalue weighted by molar-refractivity contribution is -0.766. The van der Waals surface area contributed by atoms with Crippen LogP contribution in [0.15, 0.2) is 10.7 Å². The van der Waals surface area contributed by atoms with Gasteiger partial charge in [0.1, 0.15) is 5.88 Å². The fraction of sp³-hybridized carbons (Fsp3) is 0.857. The number of hydrogen-bond acceptors (Lipinski definition) is 3. The van der Waals surface area contributed by atoms with Crippen LogP contribution in [0.4, 0.5) is 5.88 Å². The maximum atomic E-state index is 7.56. The minimum atomic E-state index is 0. The summed E-state index contributed by atoms with van der Waals surface area (Å²) in [5, 5.41) is 6.46. The van der Waals surface area contributed by atoms with Gasteiger partial charge in [-0.25, -0.2) is 0 Å². The van der Waals surface area contributed by atoms with E-state index < -0.39 is 0 Å². The number of nitrogens with zero attached hydrogens (tertiary/aromatic N) is 3. The molecule has 0 bridgehead atoms. The predicted molar refractivity (Wildman–Crippen MR) is 79.9 cm³/mol. The number of halogens is 1. The summed E-state index contributed by atoms with van der Waals surface area (Å²) in [6.07, 6.45) is 14.7. The zero-order valence-corrected chi connectivity index (χ0v) is 12.8. The van der Waals surface area contributed by atoms with Crippen LogP contribution in [-0.2, 0) is 0 Å². The van der Waals surface area contributed by atoms with Gasteiger partial charge in [-0.1, -0.05) is 38.5 Å². The van der Waals surface area contributed by atoms with Gasteiger partial charge in [0.25, 0.3) is 6.20 Å². The fourth-order valence-corrected chi connectivity index (χ4v) is 3.67. The molecule has 1 N–H and O–H groups in total. The third-order valence-electron chi connectivity index (χ3n) is 4.59. The van der Waals surface area contributed by atoms with Crippen molar-refractivity contribution in [2.24, 2.45) is 0 Å². The molecule has 2 aliphatic rings. The zero-order chi connectivity index (χ0) is 13.1. The normalized spacial score (nSPS) is 21.4. The average molecular weight is 301 g/mol. The lowest BCUT2D eigenvalue weighted by Crippen LogP contribution is -2.68. The summed E-state index contributed by atoms with van der Waals surface area (Å²) in [6, 6.07) is 1.15. The topological polar surface area (TPSA) is 57.0 Å². The van der Waals surface area contributed by atoms with E-state index in [0.717, 1.165) is 0 Å². The Morgan fingerprint density at radius 2 is 1.50 bits per heavy atom. The first kappa shape index (κ1) is 15.4. The van der Waals surface area contributed by atoms with Crippen LogP contribution in [0.5, 0.6) is 0 Å². The van der Waals surface area contributed by atoms with Crippen LogP contribution >= 0.6 is 12.4 Å². The predicted octanol–water partition coefficient (Wildman–Crippen LogP) is 3.67. The summed E-state index contributed by atoms with van der Waals surface area (Å²) in [5.74, 6) is 0.150. The molecule has 2 saturated carbocycles. The van der Waals surface area contributed by atoms with Crippen molar-refractivity contribution in [1.82, 2.24) is 5.27 Å². The molecular weight excluding hydrogens is 276 g/mol. The van der Waals surface area contributed by atoms with Crippen molar-refractivity contribution >= 4 is 18.3 Å². The Morgan fingerprint density at radius 1 is 1.00 bits per heavy atom. The van der Waals surface area contributed by atoms with E-state index in [9.17, 15) is 0 Å². The summed E-state index contributed by atoms with van der Waals surface area (Å²) in [7, 11) is 0. The molecule has 5 nitrogen and oxygen atoms in total. The number of nitrogens with one attached hydrogen (secondary N) is 1. The smallest absolute Gasteiger partial charge is 0.256 e. The highest BCUT2D eigenvalue weighted by atomic mass is 35.5. The summed E-state index contributed by atoms with van der Waals surface area (Å²) < 4.78 is 4.97. The third kappa shape index (κ3) is 3.37. The van der Waals surface area contributed by atoms with Crippen LogP contribution in [0.25, 0.3) is 5.73 Å². The fourth-order valence-electron chi connectivity index (χ4n) is 3.67. The van der Waals surface area contributed by atoms with Crippen molar-refractivity contribution in [2.75, 3.05) is 5.01 Å². The first-order valence-electron chi connectivity index (χ1n) is 7.73. The molecule has 0 spiro atoms. The number of rotatable bonds is 3. The van der Waals surface area contributed by atoms with Crippen molar-refractivity contribution in [3.05, 3.63) is 11.9 Å². The Morgan fingerprint density at radius 3 is 1.90 bits per heavy atom. The Kier molecular flexibility index (Phi) is 5.52. The minimum Gasteiger partial charge on any atom is -0.660 e. The molecule has 0 radical (unpaired) electrons. The standard InChI is InChI=1S/C14H24N4O.ClH/c15-14-11-17(16-19-14)18(12-7-3-1-4-8-12)13-9-5-2-6-10-13;/h11-13,15H,1-10H2;1H. The Balaban J connectivity index is 0.00000147. The monoisotopic (exact) mass is 300 g/mol. The molecule has 114 valence electrons. The molecule has 6 heteroatoms. The van der Waals surface area contributed by atoms with E-state index in [1.807, 2.05) is 4.79 Å². The van der Waals surface area contributed by atoms with Gasteiger partial charge in [-0.15, -0.1) is 17.4 Å². The number of hydrogen-bond donors (Lipinski definition) is 0. The zero-order valence-electron chi connectivity index (χ0n) is 12.0. The van der Waals surface area contributed by atoms with Crippen LogP contribution in [-0.4, -0.2) is 17.4 Å². The molecule has 1 aromatic heterocycles. The van der Waals surface area contributed by atoms with Crippen molar-refractivity contribution in [1.29, 1.82) is 0 Å². The van der Waals surface area contributed by atoms with Crippen LogP contribution in [0.1, 0.15) is 64.2 Å². The van der Waals surface area contributed by atoms with Gasteiger partial charge in [0, 0.05) is 0 Å². The first-order valence-corrected chi connectivity index (χ1v) is 7.73. The summed E-state index contributed by atoms with van der Waals surface area (Å²) in [5.41, 5.74) is 7.56. The summed E-state index contributed by atoms with van der Waals surface area (Å²) >= 11 is 0. The van der Waals surface area contributed by atoms with E-state index in [2.05, 4.69) is 10.3 Å². The van der Waals surface area contributed by atoms with Gasteiger partial charge < -0.3 is 10.3 Å². The molecule has 0 saturated heterocycles. The average Bonchev–Trinajstić information content (AvgIpc) is 2.88. The Hall–Kier alpha value is -0.970. The molecule has 2 aliphatic carbocycles. The van der Waals surface area contributed by atoms with Gasteiger partial charge >= 0.3 is 0 Å². The van der Waals surface area contributed by atoms with Crippen LogP contribution in [0.3, 0.4) is 0 Å². The minimum absolute atomic E-state index is 0. The van der Waals surface area contributed by atoms with Gasteiger partial charge in [-0.3, -0.25) is 0 Å². The molecule has 0 atom stereocenters. The molecule has 0 aromatic carbocycles. The van der Waals surface area contributed by atoms with Crippen LogP contribution in [0, 0.1) is 0 Å². The van der Waals surface area contributed by atoms with E-state index in [1.165, 1.54) is 64.2 Å². The summed E-state index contributed by atoms with van der Waals surface area (Å²) in [4.78, 5) is 1.81. The third-order valence-corrected chi connectivity index (χ3v) is 4.59. The second-order valence-corrected chi connectivity index (χ2v) is 5.95. The Bertz CT molecular complexity index is 382. The van der Waals surface area contributed by atoms with Gasteiger partial charge in [0.05, 0.1) is 16.9 Å². The van der Waals surface area contributed by atoms with Crippen LogP contribution in [0.2, 0.25) is 0 Å². The first-order chi connectivity index (χ1) is 9.34. The van der Waals surface area contributed by atoms with Crippen molar-refractivity contribution in [3.8, 4) is 0 Å². The molecule has 0 unspecified atom stereocenters. The second kappa shape index (κ2) is 7.16. The summed E-state index contributed by atoms with van der Waals surface area (Å²) in [6.45, 7) is 0. The van der Waals surface area contributed by atoms with Gasteiger partial charge in [0.2, 0.25) is 5.27 Å². The lowest BCUT2D eigenvalue weighted by Gasteiger charge is -2.35. The highest BCUT2D eigenvalue weighted by molar-refractivity contribution is 5.85. The van der Waals surface area contributed by atoms with Crippen LogP contribution < -0.4 is 9.80 Å². The van der Waals surface area contributed by atoms with Crippen molar-refractivity contribution < 1.29 is 9.31 Å². The molecule has 0 aliphatic heterocycles. The van der Waals surface area contributed by atoms with E-state index in [4.69, 9.17) is 10.3 Å². The largest absolute Gasteiger partial charge is 0.660 e. The van der Waals surface area contributed by atoms with Gasteiger partial charge in [-0.05, 0) is 25.7 Å². The molecule has 0 amide bonds. The molecular formula is C14H25ClN4O. The van der Waals surface area contributed by atoms with E-state index in [1.54, 1.807) is 6.20 Å². The van der Waals surface area contributed by atoms with E-state index >= 15 is 0 Å². The quantitative estimate of drug-likeness (QED) is 0.800. The lowest BCUT2D eigenvalue weighted by atomic mass is 9.90. The molecule has 2 fully saturated rings. The van der Waals surface area contributed by atoms with E-state index in [-0.39, 0.29) is 18.3 Å². The highest BCUT2D eigenvalue weighted by Crippen LogP contribution is 2.27. The van der Waals surface area contributed by atoms with Crippen molar-refractivity contribution in [2.45, 2.75) is 76.3 Å². The maximum Gasteiger partial charge on any atom is 0.256 e. The second-order valence-electron chi connectivity index (χ2n) is 5.95. The van der Waals surface area contributed by atoms with Gasteiger partial charge in [0.15, 0.2) is 0 Å². The highest BCUT2D eigenvalue weighted by Gasteiger charge is 2.36. The number of aromatic nitrogens is 2. The SMILES string of the molecule is Cl.[NH-]c1c[n+](N(C2CCCCC2)C2CCCCC2)no1. The maximum absolute atomic E-state index is 7.56.